The van der Waals surface area contributed by atoms with E-state index in [1.54, 1.807) is 12.1 Å². The molecule has 2 amide bonds. The SMILES string of the molecule is CCC(CC)OC(=O)Oc1ccc(C(=O)NS(=O)(=O)c2cccc(CCNC(C)=O)c2)cn1. The number of benzene rings is 1. The van der Waals surface area contributed by atoms with E-state index >= 15 is 0 Å². The van der Waals surface area contributed by atoms with E-state index in [1.807, 2.05) is 18.6 Å². The van der Waals surface area contributed by atoms with Crippen molar-refractivity contribution in [3.05, 3.63) is 53.7 Å². The van der Waals surface area contributed by atoms with Crippen LogP contribution in [0.4, 0.5) is 4.79 Å². The third kappa shape index (κ3) is 8.19. The molecule has 33 heavy (non-hydrogen) atoms. The molecule has 0 spiro atoms. The average molecular weight is 478 g/mol. The molecule has 0 unspecified atom stereocenters. The highest BCUT2D eigenvalue weighted by molar-refractivity contribution is 7.90. The predicted molar refractivity (Wildman–Crippen MR) is 119 cm³/mol. The maximum absolute atomic E-state index is 12.6. The normalized spacial score (nSPS) is 11.0. The number of sulfonamides is 1. The van der Waals surface area contributed by atoms with Crippen molar-refractivity contribution < 1.29 is 32.3 Å². The Bertz CT molecular complexity index is 1080. The number of carbonyl (C=O) groups is 3. The van der Waals surface area contributed by atoms with Gasteiger partial charge in [-0.25, -0.2) is 22.9 Å². The van der Waals surface area contributed by atoms with E-state index in [1.165, 1.54) is 31.2 Å². The van der Waals surface area contributed by atoms with Crippen LogP contribution in [0, 0.1) is 0 Å². The summed E-state index contributed by atoms with van der Waals surface area (Å²) in [6.45, 7) is 5.51. The van der Waals surface area contributed by atoms with Crippen molar-refractivity contribution in [3.63, 3.8) is 0 Å². The summed E-state index contributed by atoms with van der Waals surface area (Å²) in [6, 6.07) is 8.60. The van der Waals surface area contributed by atoms with Gasteiger partial charge in [-0.2, -0.15) is 0 Å². The van der Waals surface area contributed by atoms with Crippen LogP contribution in [-0.2, 0) is 26.0 Å². The number of ether oxygens (including phenoxy) is 2. The number of rotatable bonds is 10. The zero-order valence-corrected chi connectivity index (χ0v) is 19.5. The Morgan fingerprint density at radius 2 is 1.82 bits per heavy atom. The Balaban J connectivity index is 2.01. The van der Waals surface area contributed by atoms with Crippen LogP contribution in [0.25, 0.3) is 0 Å². The van der Waals surface area contributed by atoms with Gasteiger partial charge in [0.1, 0.15) is 6.10 Å². The monoisotopic (exact) mass is 477 g/mol. The first kappa shape index (κ1) is 25.8. The van der Waals surface area contributed by atoms with Crippen LogP contribution in [0.3, 0.4) is 0 Å². The number of nitrogens with zero attached hydrogens (tertiary/aromatic N) is 1. The smallest absolute Gasteiger partial charge is 0.431 e. The molecule has 1 heterocycles. The molecule has 0 saturated heterocycles. The Labute approximate surface area is 192 Å². The van der Waals surface area contributed by atoms with Crippen molar-refractivity contribution in [3.8, 4) is 5.88 Å². The van der Waals surface area contributed by atoms with Crippen molar-refractivity contribution in [1.82, 2.24) is 15.0 Å². The minimum absolute atomic E-state index is 0.0406. The van der Waals surface area contributed by atoms with Crippen molar-refractivity contribution in [2.45, 2.75) is 51.0 Å². The van der Waals surface area contributed by atoms with Gasteiger partial charge in [-0.05, 0) is 43.0 Å². The predicted octanol–water partition coefficient (Wildman–Crippen LogP) is 2.58. The van der Waals surface area contributed by atoms with Crippen molar-refractivity contribution in [2.75, 3.05) is 6.54 Å². The molecule has 2 rings (SSSR count). The van der Waals surface area contributed by atoms with Gasteiger partial charge < -0.3 is 14.8 Å². The van der Waals surface area contributed by atoms with Crippen LogP contribution in [-0.4, -0.2) is 44.0 Å². The summed E-state index contributed by atoms with van der Waals surface area (Å²) in [5, 5.41) is 2.63. The van der Waals surface area contributed by atoms with E-state index in [0.717, 1.165) is 6.20 Å². The molecule has 2 N–H and O–H groups in total. The lowest BCUT2D eigenvalue weighted by Crippen LogP contribution is -2.30. The van der Waals surface area contributed by atoms with Gasteiger partial charge in [0.2, 0.25) is 11.8 Å². The molecule has 0 saturated carbocycles. The zero-order valence-electron chi connectivity index (χ0n) is 18.7. The summed E-state index contributed by atoms with van der Waals surface area (Å²) in [5.74, 6) is -1.16. The highest BCUT2D eigenvalue weighted by Gasteiger charge is 2.20. The second-order valence-corrected chi connectivity index (χ2v) is 8.79. The maximum Gasteiger partial charge on any atom is 0.515 e. The van der Waals surface area contributed by atoms with E-state index in [4.69, 9.17) is 9.47 Å². The fourth-order valence-electron chi connectivity index (χ4n) is 2.77. The summed E-state index contributed by atoms with van der Waals surface area (Å²) >= 11 is 0. The first-order valence-electron chi connectivity index (χ1n) is 10.4. The molecule has 0 radical (unpaired) electrons. The van der Waals surface area contributed by atoms with E-state index in [9.17, 15) is 22.8 Å². The van der Waals surface area contributed by atoms with E-state index < -0.39 is 22.1 Å². The molecule has 0 aliphatic heterocycles. The molecule has 0 bridgehead atoms. The molecule has 0 atom stereocenters. The van der Waals surface area contributed by atoms with E-state index in [0.29, 0.717) is 31.4 Å². The fraction of sp³-hybridized carbons (Fsp3) is 0.364. The number of hydrogen-bond donors (Lipinski definition) is 2. The lowest BCUT2D eigenvalue weighted by molar-refractivity contribution is -0.118. The van der Waals surface area contributed by atoms with Crippen molar-refractivity contribution in [1.29, 1.82) is 0 Å². The van der Waals surface area contributed by atoms with Crippen molar-refractivity contribution >= 4 is 28.0 Å². The number of pyridine rings is 1. The third-order valence-corrected chi connectivity index (χ3v) is 5.91. The van der Waals surface area contributed by atoms with Crippen LogP contribution in [0.2, 0.25) is 0 Å². The van der Waals surface area contributed by atoms with Gasteiger partial charge in [0.25, 0.3) is 15.9 Å². The molecule has 0 aliphatic rings. The minimum Gasteiger partial charge on any atom is -0.431 e. The highest BCUT2D eigenvalue weighted by Crippen LogP contribution is 2.14. The number of hydrogen-bond acceptors (Lipinski definition) is 8. The molecule has 10 nitrogen and oxygen atoms in total. The van der Waals surface area contributed by atoms with Crippen LogP contribution in [0.5, 0.6) is 5.88 Å². The molecule has 1 aromatic carbocycles. The summed E-state index contributed by atoms with van der Waals surface area (Å²) in [7, 11) is -4.14. The minimum atomic E-state index is -4.14. The Morgan fingerprint density at radius 3 is 2.42 bits per heavy atom. The first-order valence-corrected chi connectivity index (χ1v) is 11.9. The van der Waals surface area contributed by atoms with Crippen molar-refractivity contribution in [2.24, 2.45) is 0 Å². The molecule has 2 aromatic rings. The Morgan fingerprint density at radius 1 is 1.09 bits per heavy atom. The quantitative estimate of drug-likeness (QED) is 0.498. The molecule has 178 valence electrons. The molecular formula is C22H27N3O7S. The number of aromatic nitrogens is 1. The van der Waals surface area contributed by atoms with Gasteiger partial charge in [0.05, 0.1) is 10.5 Å². The summed E-state index contributed by atoms with van der Waals surface area (Å²) in [5.41, 5.74) is 0.642. The van der Waals surface area contributed by atoms with Gasteiger partial charge in [0.15, 0.2) is 0 Å². The number of amides is 2. The van der Waals surface area contributed by atoms with Crippen LogP contribution in [0.15, 0.2) is 47.5 Å². The third-order valence-electron chi connectivity index (χ3n) is 4.58. The van der Waals surface area contributed by atoms with Gasteiger partial charge in [-0.15, -0.1) is 0 Å². The Hall–Kier alpha value is -3.47. The van der Waals surface area contributed by atoms with E-state index in [2.05, 4.69) is 10.3 Å². The second kappa shape index (κ2) is 12.0. The van der Waals surface area contributed by atoms with Gasteiger partial charge in [-0.1, -0.05) is 26.0 Å². The van der Waals surface area contributed by atoms with Crippen LogP contribution >= 0.6 is 0 Å². The van der Waals surface area contributed by atoms with Gasteiger partial charge in [-0.3, -0.25) is 9.59 Å². The first-order chi connectivity index (χ1) is 15.6. The highest BCUT2D eigenvalue weighted by atomic mass is 32.2. The second-order valence-electron chi connectivity index (χ2n) is 7.11. The summed E-state index contributed by atoms with van der Waals surface area (Å²) < 4.78 is 37.3. The van der Waals surface area contributed by atoms with Crippen LogP contribution in [0.1, 0.15) is 49.5 Å². The summed E-state index contributed by atoms with van der Waals surface area (Å²) in [6.07, 6.45) is 1.64. The standard InChI is InChI=1S/C22H27N3O7S/c1-4-18(5-2)31-22(28)32-20-10-9-17(14-24-20)21(27)25-33(29,30)19-8-6-7-16(13-19)11-12-23-15(3)26/h6-10,13-14,18H,4-5,11-12H2,1-3H3,(H,23,26)(H,25,27). The topological polar surface area (TPSA) is 141 Å². The molecule has 1 aromatic heterocycles. The van der Waals surface area contributed by atoms with E-state index in [-0.39, 0.29) is 28.4 Å². The summed E-state index contributed by atoms with van der Waals surface area (Å²) in [4.78, 5) is 38.9. The molecule has 0 fully saturated rings. The largest absolute Gasteiger partial charge is 0.515 e. The van der Waals surface area contributed by atoms with Gasteiger partial charge in [0, 0.05) is 25.7 Å². The molecule has 11 heteroatoms. The van der Waals surface area contributed by atoms with Gasteiger partial charge >= 0.3 is 6.16 Å². The Kier molecular flexibility index (Phi) is 9.34. The molecule has 0 aliphatic carbocycles. The lowest BCUT2D eigenvalue weighted by Gasteiger charge is -2.13. The zero-order chi connectivity index (χ0) is 24.4. The fourth-order valence-corrected chi connectivity index (χ4v) is 3.81. The lowest BCUT2D eigenvalue weighted by atomic mass is 10.1. The number of carbonyl (C=O) groups excluding carboxylic acids is 3. The maximum atomic E-state index is 12.6. The van der Waals surface area contributed by atoms with Crippen LogP contribution < -0.4 is 14.8 Å². The number of nitrogens with one attached hydrogen (secondary N) is 2. The molecular weight excluding hydrogens is 450 g/mol. The average Bonchev–Trinajstić information content (AvgIpc) is 2.77.